The third kappa shape index (κ3) is 25.1. The first-order valence-corrected chi connectivity index (χ1v) is 49.6. The van der Waals surface area contributed by atoms with Crippen LogP contribution < -0.4 is 41.6 Å². The molecule has 3 aromatic heterocycles. The lowest BCUT2D eigenvalue weighted by molar-refractivity contribution is 0.157. The van der Waals surface area contributed by atoms with E-state index in [4.69, 9.17) is 89.4 Å². The Bertz CT molecular complexity index is 7090. The van der Waals surface area contributed by atoms with Crippen LogP contribution in [0.2, 0.25) is 0 Å². The van der Waals surface area contributed by atoms with Crippen molar-refractivity contribution in [2.75, 3.05) is 35.2 Å². The van der Waals surface area contributed by atoms with Crippen molar-refractivity contribution in [1.29, 1.82) is 0 Å². The van der Waals surface area contributed by atoms with Crippen LogP contribution in [0.1, 0.15) is 257 Å². The monoisotopic (exact) mass is 1940 g/mol. The molecule has 30 heteroatoms. The van der Waals surface area contributed by atoms with Crippen molar-refractivity contribution in [1.82, 2.24) is 51.3 Å². The van der Waals surface area contributed by atoms with Gasteiger partial charge in [0.05, 0.1) is 69.9 Å². The Labute approximate surface area is 848 Å². The Balaban J connectivity index is 0.000000137. The first kappa shape index (κ1) is 105. The fraction of sp³-hybridized carbons (Fsp3) is 0.365. The van der Waals surface area contributed by atoms with E-state index in [1.807, 2.05) is 154 Å². The number of aliphatic hydroxyl groups excluding tert-OH is 1. The minimum atomic E-state index is -0.356. The molecule has 20 rings (SSSR count). The molecule has 742 valence electrons. The smallest absolute Gasteiger partial charge is 0.256 e. The molecule has 13 aromatic rings. The number of aromatic nitrogens is 6. The zero-order valence-corrected chi connectivity index (χ0v) is 84.0. The van der Waals surface area contributed by atoms with Gasteiger partial charge in [-0.05, 0) is 350 Å². The molecule has 0 saturated carbocycles. The number of oxime groups is 1. The normalized spacial score (nSPS) is 17.4. The molecule has 0 fully saturated rings. The van der Waals surface area contributed by atoms with E-state index in [2.05, 4.69) is 164 Å². The molecule has 0 unspecified atom stereocenters. The second kappa shape index (κ2) is 50.3. The number of rotatable bonds is 18. The number of benzene rings is 10. The average molecular weight is 1940 g/mol. The fourth-order valence-corrected chi connectivity index (χ4v) is 20.3. The van der Waals surface area contributed by atoms with E-state index in [0.29, 0.717) is 122 Å². The lowest BCUT2D eigenvalue weighted by atomic mass is 9.84. The van der Waals surface area contributed by atoms with Gasteiger partial charge in [-0.3, -0.25) is 0 Å². The minimum absolute atomic E-state index is 0.00149. The lowest BCUT2D eigenvalue weighted by Gasteiger charge is -2.31. The molecule has 0 bridgehead atoms. The number of hydrogen-bond donors (Lipinski definition) is 7. The van der Waals surface area contributed by atoms with E-state index in [0.717, 1.165) is 172 Å². The van der Waals surface area contributed by atoms with Crippen LogP contribution in [-0.4, -0.2) is 105 Å². The summed E-state index contributed by atoms with van der Waals surface area (Å²) in [6, 6.07) is 59.6. The molecule has 0 spiro atoms. The maximum Gasteiger partial charge on any atom is 0.256 e. The zero-order valence-electron chi connectivity index (χ0n) is 84.0. The van der Waals surface area contributed by atoms with Crippen molar-refractivity contribution in [3.8, 4) is 85.8 Å². The van der Waals surface area contributed by atoms with E-state index in [-0.39, 0.29) is 42.3 Å². The third-order valence-corrected chi connectivity index (χ3v) is 27.1. The first-order valence-electron chi connectivity index (χ1n) is 49.6. The van der Waals surface area contributed by atoms with Crippen LogP contribution in [-0.2, 0) is 44.9 Å². The highest BCUT2D eigenvalue weighted by atomic mass is 16.5. The van der Waals surface area contributed by atoms with Crippen molar-refractivity contribution in [2.24, 2.45) is 21.7 Å². The Morgan fingerprint density at radius 2 is 0.738 bits per heavy atom. The van der Waals surface area contributed by atoms with Crippen LogP contribution in [0.3, 0.4) is 0 Å². The molecule has 0 radical (unpaired) electrons. The largest absolute Gasteiger partial charge is 0.502 e. The third-order valence-electron chi connectivity index (χ3n) is 27.1. The molecule has 9 N–H and O–H groups in total. The van der Waals surface area contributed by atoms with Crippen LogP contribution in [0.5, 0.6) is 17.2 Å². The Morgan fingerprint density at radius 1 is 0.407 bits per heavy atom. The lowest BCUT2D eigenvalue weighted by Crippen LogP contribution is -2.25. The zero-order chi connectivity index (χ0) is 103. The molecule has 0 aliphatic heterocycles. The molecule has 7 aliphatic carbocycles. The molecule has 145 heavy (non-hydrogen) atoms. The molecular formula is C115H124N22O8. The number of nitrogens with one attached hydrogen (secondary N) is 3. The van der Waals surface area contributed by atoms with Gasteiger partial charge in [0.25, 0.3) is 17.7 Å². The summed E-state index contributed by atoms with van der Waals surface area (Å²) < 4.78 is 33.7. The molecule has 7 atom stereocenters. The highest BCUT2D eigenvalue weighted by Gasteiger charge is 2.32. The Morgan fingerprint density at radius 3 is 1.15 bits per heavy atom. The van der Waals surface area contributed by atoms with Gasteiger partial charge < -0.3 is 70.4 Å². The van der Waals surface area contributed by atoms with Crippen molar-refractivity contribution >= 4 is 40.0 Å². The highest BCUT2D eigenvalue weighted by molar-refractivity contribution is 5.99. The summed E-state index contributed by atoms with van der Waals surface area (Å²) in [5, 5.41) is 48.0. The Kier molecular flexibility index (Phi) is 36.5. The highest BCUT2D eigenvalue weighted by Crippen LogP contribution is 2.46. The number of aliphatic hydroxyl groups is 1. The summed E-state index contributed by atoms with van der Waals surface area (Å²) in [7, 11) is 10.2. The van der Waals surface area contributed by atoms with E-state index >= 15 is 0 Å². The molecule has 0 saturated heterocycles. The van der Waals surface area contributed by atoms with Crippen molar-refractivity contribution < 1.29 is 38.1 Å². The summed E-state index contributed by atoms with van der Waals surface area (Å²) in [5.74, 6) is 4.80. The SMILES string of the molecule is CN[C@H]1CCCc2c(C(N)=NO)cccc21.[C-]#[N+]c1cc(-c2nc(-c3cccc4c3CCC[C@@H]4N(C)C)no2)ccc1OC(C)C.[C-]#[N+]c1cc(-c2nc(-c3cccc4c3CCC[C@@H]4N)no2)ccc1OC(C)C.[C-]#[N+]c1cc(-c2nc(-c3cccc4c3CCC[C@@H]4NC)no2)ccc1OC(C)C.[C-]#[N+]c1cccc2c1CCC[C@@H]2N=[N+]=[N-].[C-]#[N+]c1cccc2c1CCC[C@@H]2NC.[C-]#[N+]c1cccc2c1CCC[C@H]2O. The number of amidine groups is 1. The van der Waals surface area contributed by atoms with Crippen LogP contribution >= 0.6 is 0 Å². The number of nitrogens with two attached hydrogens (primary N) is 2. The summed E-state index contributed by atoms with van der Waals surface area (Å²) >= 11 is 0. The van der Waals surface area contributed by atoms with Crippen LogP contribution in [0, 0.1) is 39.4 Å². The number of azide groups is 1. The standard InChI is InChI=1S/C24H26N4O2.C23H24N4O2.C22H22N4O2.C12H17N3O.C12H14N2.C11H10N4.C11H11NO/c1-15(2)29-22-13-12-16(14-20(22)25-3)24-26-23(27-30-24)19-10-6-9-18-17(19)8-7-11-21(18)28(4)5;1-14(2)28-21-12-11-15(13-20(21)25-4)23-26-22(27-29-23)18-9-5-8-17-16(18)7-6-10-19(17)24-3;1-13(2)27-20-11-10-14(12-19(20)24-3)22-25-21(26-28-22)17-8-4-7-16-15(17)6-5-9-18(16)23;1-14-11-7-3-4-8-9(11)5-2-6-10(8)12(13)15-16;1-13-11-7-3-6-10-9(11)5-4-8-12(10)14-2;1-13-10-6-2-5-9-8(10)4-3-7-11(9)14-15-12;1-12-10-6-2-5-9-8(10)4-3-7-11(9)13/h6,9-10,12-15,21H,7-8,11H2,1-2,4-5H3;5,8-9,11-14,19,24H,6-7,10H2,1-3H3;4,7-8,10-13,18H,5-6,9,23H2,1-2H3;2,5-6,11,14,16H,3-4,7H2,1H3,(H2,13,15);4-5,8,11,13H,3,6-7H2,1H3;2,5-6,11H,3-4,7H2;2,5-6,11,13H,3-4,7H2/t21-;19-;18-;4*11-/m0000001/s1. The van der Waals surface area contributed by atoms with Gasteiger partial charge in [0, 0.05) is 74.1 Å². The van der Waals surface area contributed by atoms with Gasteiger partial charge in [-0.1, -0.05) is 153 Å². The van der Waals surface area contributed by atoms with Gasteiger partial charge in [0.15, 0.2) is 22.9 Å². The minimum Gasteiger partial charge on any atom is -0.502 e. The van der Waals surface area contributed by atoms with E-state index in [1.54, 1.807) is 36.4 Å². The summed E-state index contributed by atoms with van der Waals surface area (Å²) in [5.41, 5.74) is 46.8. The fourth-order valence-electron chi connectivity index (χ4n) is 20.3. The summed E-state index contributed by atoms with van der Waals surface area (Å²) in [6.45, 7) is 55.1. The summed E-state index contributed by atoms with van der Waals surface area (Å²) in [4.78, 5) is 40.3. The van der Waals surface area contributed by atoms with Gasteiger partial charge in [0.1, 0.15) is 17.2 Å². The molecular weight excluding hydrogens is 1820 g/mol. The molecule has 7 aliphatic rings. The first-order chi connectivity index (χ1) is 70.5. The van der Waals surface area contributed by atoms with Gasteiger partial charge in [-0.25, -0.2) is 29.1 Å². The molecule has 10 aromatic carbocycles. The van der Waals surface area contributed by atoms with Crippen LogP contribution in [0.4, 0.5) is 34.1 Å². The predicted molar refractivity (Wildman–Crippen MR) is 565 cm³/mol. The molecule has 0 amide bonds. The van der Waals surface area contributed by atoms with E-state index < -0.39 is 0 Å². The van der Waals surface area contributed by atoms with Crippen LogP contribution in [0.15, 0.2) is 206 Å². The van der Waals surface area contributed by atoms with E-state index in [9.17, 15) is 5.11 Å². The number of nitrogens with zero attached hydrogens (tertiary/aromatic N) is 17. The second-order valence-corrected chi connectivity index (χ2v) is 37.6. The van der Waals surface area contributed by atoms with E-state index in [1.165, 1.54) is 68.5 Å². The van der Waals surface area contributed by atoms with Crippen LogP contribution in [0.25, 0.3) is 108 Å². The van der Waals surface area contributed by atoms with Crippen molar-refractivity contribution in [2.45, 2.75) is 237 Å². The van der Waals surface area contributed by atoms with Gasteiger partial charge in [0.2, 0.25) is 34.5 Å². The van der Waals surface area contributed by atoms with Crippen molar-refractivity contribution in [3.05, 3.63) is 344 Å². The predicted octanol–water partition coefficient (Wildman–Crippen LogP) is 26.8. The van der Waals surface area contributed by atoms with Gasteiger partial charge >= 0.3 is 0 Å². The van der Waals surface area contributed by atoms with Gasteiger partial charge in [-0.15, -0.1) is 0 Å². The average Bonchev–Trinajstić information content (AvgIpc) is 1.33. The number of hydrogen-bond acceptors (Lipinski definition) is 21. The van der Waals surface area contributed by atoms with Crippen molar-refractivity contribution in [3.63, 3.8) is 0 Å². The Hall–Kier alpha value is -15.7. The molecule has 30 nitrogen and oxygen atoms in total. The summed E-state index contributed by atoms with van der Waals surface area (Å²) in [6.07, 6.45) is 21.5. The topological polar surface area (TPSA) is 364 Å². The number of ether oxygens (including phenoxy) is 3. The maximum atomic E-state index is 9.68. The number of fused-ring (bicyclic) bond motifs is 7. The quantitative estimate of drug-likeness (QED) is 0.00613. The maximum absolute atomic E-state index is 9.68. The van der Waals surface area contributed by atoms with Gasteiger partial charge in [-0.2, -0.15) is 15.0 Å². The molecule has 3 heterocycles. The second-order valence-electron chi connectivity index (χ2n) is 37.6.